The molecule has 3 aromatic rings. The third-order valence-corrected chi connectivity index (χ3v) is 8.54. The van der Waals surface area contributed by atoms with E-state index in [1.54, 1.807) is 0 Å². The molecule has 0 aromatic heterocycles. The zero-order chi connectivity index (χ0) is 15.3. The number of halogens is 1. The number of benzene rings is 3. The van der Waals surface area contributed by atoms with Gasteiger partial charge in [0.2, 0.25) is 0 Å². The first-order valence-electron chi connectivity index (χ1n) is 7.79. The van der Waals surface area contributed by atoms with E-state index in [2.05, 4.69) is 103 Å². The third kappa shape index (κ3) is 3.55. The predicted octanol–water partition coefficient (Wildman–Crippen LogP) is 3.82. The fourth-order valence-electron chi connectivity index (χ4n) is 3.14. The molecule has 0 aliphatic heterocycles. The SMILES string of the molecule is Br.CCN[PH](c1ccccc1)(c1ccccc1)c1ccccc1. The van der Waals surface area contributed by atoms with Gasteiger partial charge < -0.3 is 0 Å². The first kappa shape index (κ1) is 17.9. The van der Waals surface area contributed by atoms with Crippen LogP contribution < -0.4 is 21.0 Å². The van der Waals surface area contributed by atoms with Gasteiger partial charge in [-0.3, -0.25) is 0 Å². The number of hydrogen-bond acceptors (Lipinski definition) is 1. The molecule has 23 heavy (non-hydrogen) atoms. The van der Waals surface area contributed by atoms with Crippen LogP contribution in [0.2, 0.25) is 0 Å². The van der Waals surface area contributed by atoms with Gasteiger partial charge in [0.25, 0.3) is 0 Å². The zero-order valence-electron chi connectivity index (χ0n) is 13.3. The summed E-state index contributed by atoms with van der Waals surface area (Å²) in [5.41, 5.74) is 0. The number of rotatable bonds is 5. The van der Waals surface area contributed by atoms with Crippen LogP contribution in [0, 0.1) is 0 Å². The van der Waals surface area contributed by atoms with Gasteiger partial charge >= 0.3 is 133 Å². The van der Waals surface area contributed by atoms with Crippen molar-refractivity contribution in [1.29, 1.82) is 0 Å². The molecule has 0 saturated carbocycles. The molecule has 0 fully saturated rings. The first-order chi connectivity index (χ1) is 10.9. The summed E-state index contributed by atoms with van der Waals surface area (Å²) in [6, 6.07) is 32.7. The van der Waals surface area contributed by atoms with Crippen LogP contribution in [0.15, 0.2) is 91.0 Å². The van der Waals surface area contributed by atoms with Crippen LogP contribution in [-0.4, -0.2) is 6.54 Å². The van der Waals surface area contributed by atoms with E-state index in [1.165, 1.54) is 15.9 Å². The molecule has 0 aliphatic rings. The summed E-state index contributed by atoms with van der Waals surface area (Å²) in [5.74, 6) is 0. The topological polar surface area (TPSA) is 12.0 Å². The van der Waals surface area contributed by atoms with Crippen LogP contribution in [0.5, 0.6) is 0 Å². The van der Waals surface area contributed by atoms with E-state index in [0.29, 0.717) is 0 Å². The second-order valence-corrected chi connectivity index (χ2v) is 8.96. The Hall–Kier alpha value is -1.47. The van der Waals surface area contributed by atoms with Crippen LogP contribution in [0.25, 0.3) is 0 Å². The van der Waals surface area contributed by atoms with Crippen molar-refractivity contribution in [3.63, 3.8) is 0 Å². The predicted molar refractivity (Wildman–Crippen MR) is 111 cm³/mol. The molecule has 0 unspecified atom stereocenters. The maximum atomic E-state index is 3.88. The van der Waals surface area contributed by atoms with E-state index >= 15 is 0 Å². The van der Waals surface area contributed by atoms with Gasteiger partial charge in [0.15, 0.2) is 0 Å². The van der Waals surface area contributed by atoms with Gasteiger partial charge in [0.05, 0.1) is 0 Å². The Kier molecular flexibility index (Phi) is 6.53. The first-order valence-corrected chi connectivity index (χ1v) is 9.79. The Morgan fingerprint density at radius 1 is 0.609 bits per heavy atom. The van der Waals surface area contributed by atoms with Crippen molar-refractivity contribution in [3.8, 4) is 0 Å². The molecule has 120 valence electrons. The van der Waals surface area contributed by atoms with Gasteiger partial charge in [-0.25, -0.2) is 0 Å². The molecule has 0 amide bonds. The molecular weight excluding hydrogens is 365 g/mol. The fraction of sp³-hybridized carbons (Fsp3) is 0.100. The summed E-state index contributed by atoms with van der Waals surface area (Å²) >= 11 is 0. The summed E-state index contributed by atoms with van der Waals surface area (Å²) in [6.07, 6.45) is 0. The summed E-state index contributed by atoms with van der Waals surface area (Å²) in [7, 11) is -2.17. The molecule has 0 heterocycles. The molecule has 3 heteroatoms. The van der Waals surface area contributed by atoms with E-state index in [-0.39, 0.29) is 17.0 Å². The maximum absolute atomic E-state index is 3.88. The Bertz CT molecular complexity index is 605. The van der Waals surface area contributed by atoms with Crippen LogP contribution in [0.3, 0.4) is 0 Å². The standard InChI is InChI=1S/C20H22NP.BrH/c1-2-21-22(18-12-6-3-7-13-18,19-14-8-4-9-15-19)20-16-10-5-11-17-20;/h3-17,21-22H,2H2,1H3;1H. The Balaban J connectivity index is 0.00000192. The van der Waals surface area contributed by atoms with Crippen molar-refractivity contribution in [2.45, 2.75) is 6.92 Å². The molecule has 3 aromatic carbocycles. The van der Waals surface area contributed by atoms with Gasteiger partial charge in [-0.05, 0) is 0 Å². The van der Waals surface area contributed by atoms with Gasteiger partial charge in [-0.2, -0.15) is 0 Å². The van der Waals surface area contributed by atoms with E-state index in [4.69, 9.17) is 0 Å². The Morgan fingerprint density at radius 3 is 1.17 bits per heavy atom. The van der Waals surface area contributed by atoms with Crippen molar-refractivity contribution in [1.82, 2.24) is 5.09 Å². The molecule has 0 spiro atoms. The number of hydrogen-bond donors (Lipinski definition) is 1. The van der Waals surface area contributed by atoms with Gasteiger partial charge in [0.1, 0.15) is 0 Å². The second kappa shape index (κ2) is 8.40. The fourth-order valence-corrected chi connectivity index (χ4v) is 7.36. The minimum absolute atomic E-state index is 0. The number of nitrogens with one attached hydrogen (secondary N) is 1. The second-order valence-electron chi connectivity index (χ2n) is 5.38. The van der Waals surface area contributed by atoms with E-state index < -0.39 is 7.41 Å². The average molecular weight is 388 g/mol. The van der Waals surface area contributed by atoms with Crippen LogP contribution >= 0.6 is 24.4 Å². The zero-order valence-corrected chi connectivity index (χ0v) is 16.0. The molecule has 0 bridgehead atoms. The van der Waals surface area contributed by atoms with E-state index in [9.17, 15) is 0 Å². The average Bonchev–Trinajstić information content (AvgIpc) is 2.62. The van der Waals surface area contributed by atoms with Gasteiger partial charge in [0, 0.05) is 0 Å². The molecular formula is C20H23BrNP. The van der Waals surface area contributed by atoms with E-state index in [1.807, 2.05) is 0 Å². The third-order valence-electron chi connectivity index (χ3n) is 4.06. The summed E-state index contributed by atoms with van der Waals surface area (Å²) in [6.45, 7) is 3.14. The van der Waals surface area contributed by atoms with Crippen LogP contribution in [0.4, 0.5) is 0 Å². The van der Waals surface area contributed by atoms with E-state index in [0.717, 1.165) is 6.54 Å². The van der Waals surface area contributed by atoms with Crippen LogP contribution in [0.1, 0.15) is 6.92 Å². The molecule has 1 nitrogen and oxygen atoms in total. The molecule has 0 atom stereocenters. The normalized spacial score (nSPS) is 11.5. The van der Waals surface area contributed by atoms with Gasteiger partial charge in [-0.15, -0.1) is 17.0 Å². The van der Waals surface area contributed by atoms with Crippen LogP contribution in [-0.2, 0) is 0 Å². The Labute approximate surface area is 149 Å². The molecule has 0 aliphatic carbocycles. The minimum atomic E-state index is -2.17. The quantitative estimate of drug-likeness (QED) is 0.656. The van der Waals surface area contributed by atoms with Gasteiger partial charge in [-0.1, -0.05) is 0 Å². The summed E-state index contributed by atoms with van der Waals surface area (Å²) in [4.78, 5) is 0. The van der Waals surface area contributed by atoms with Crippen molar-refractivity contribution >= 4 is 40.3 Å². The van der Waals surface area contributed by atoms with Crippen molar-refractivity contribution < 1.29 is 0 Å². The molecule has 0 radical (unpaired) electrons. The molecule has 0 saturated heterocycles. The Morgan fingerprint density at radius 2 is 0.913 bits per heavy atom. The molecule has 3 rings (SSSR count). The van der Waals surface area contributed by atoms with Crippen molar-refractivity contribution in [3.05, 3.63) is 91.0 Å². The summed E-state index contributed by atoms with van der Waals surface area (Å²) in [5, 5.41) is 8.08. The van der Waals surface area contributed by atoms with Crippen molar-refractivity contribution in [2.75, 3.05) is 6.54 Å². The van der Waals surface area contributed by atoms with Crippen molar-refractivity contribution in [2.24, 2.45) is 0 Å². The summed E-state index contributed by atoms with van der Waals surface area (Å²) < 4.78 is 0. The molecule has 1 N–H and O–H groups in total. The monoisotopic (exact) mass is 387 g/mol.